The average Bonchev–Trinajstić information content (AvgIpc) is 2.93. The second-order valence-electron chi connectivity index (χ2n) is 9.64. The van der Waals surface area contributed by atoms with E-state index in [0.717, 1.165) is 6.42 Å². The molecule has 9 heteroatoms. The van der Waals surface area contributed by atoms with Gasteiger partial charge in [-0.3, -0.25) is 9.36 Å². The lowest BCUT2D eigenvalue weighted by atomic mass is 10.1. The summed E-state index contributed by atoms with van der Waals surface area (Å²) in [5.74, 6) is 1.80. The van der Waals surface area contributed by atoms with Crippen LogP contribution >= 0.6 is 15.9 Å². The molecule has 0 bridgehead atoms. The highest BCUT2D eigenvalue weighted by Gasteiger charge is 2.28. The number of rotatable bonds is 9. The Hall–Kier alpha value is -3.85. The van der Waals surface area contributed by atoms with E-state index in [0.29, 0.717) is 56.5 Å². The first kappa shape index (κ1) is 28.2. The Kier molecular flexibility index (Phi) is 8.91. The summed E-state index contributed by atoms with van der Waals surface area (Å²) in [5.41, 5.74) is 1.49. The minimum Gasteiger partial charge on any atom is -0.497 e. The average molecular weight is 594 g/mol. The van der Waals surface area contributed by atoms with Gasteiger partial charge in [-0.1, -0.05) is 44.2 Å². The fourth-order valence-electron chi connectivity index (χ4n) is 4.38. The van der Waals surface area contributed by atoms with Crippen molar-refractivity contribution in [2.45, 2.75) is 33.2 Å². The van der Waals surface area contributed by atoms with Crippen LogP contribution in [-0.4, -0.2) is 41.2 Å². The first-order chi connectivity index (χ1) is 18.7. The predicted molar refractivity (Wildman–Crippen MR) is 158 cm³/mol. The summed E-state index contributed by atoms with van der Waals surface area (Å²) in [5, 5.41) is 3.46. The van der Waals surface area contributed by atoms with Crippen LogP contribution in [0.3, 0.4) is 0 Å². The Labute approximate surface area is 236 Å². The molecule has 4 rings (SSSR count). The molecular weight excluding hydrogens is 560 g/mol. The number of benzene rings is 3. The fraction of sp³-hybridized carbons (Fsp3) is 0.300. The molecule has 0 radical (unpaired) electrons. The van der Waals surface area contributed by atoms with E-state index >= 15 is 0 Å². The van der Waals surface area contributed by atoms with Crippen LogP contribution in [-0.2, 0) is 0 Å². The Balaban J connectivity index is 1.92. The van der Waals surface area contributed by atoms with Crippen LogP contribution in [0.25, 0.3) is 16.6 Å². The van der Waals surface area contributed by atoms with Crippen molar-refractivity contribution in [3.63, 3.8) is 0 Å². The number of carbonyl (C=O) groups excluding carboxylic acids is 1. The van der Waals surface area contributed by atoms with E-state index in [1.807, 2.05) is 49.4 Å². The molecule has 1 atom stereocenters. The number of para-hydroxylation sites is 2. The number of aromatic nitrogens is 2. The molecule has 0 saturated carbocycles. The zero-order valence-electron chi connectivity index (χ0n) is 22.8. The van der Waals surface area contributed by atoms with Gasteiger partial charge in [-0.05, 0) is 59.5 Å². The maximum atomic E-state index is 14.1. The first-order valence-corrected chi connectivity index (χ1v) is 13.6. The number of urea groups is 1. The maximum absolute atomic E-state index is 14.1. The fourth-order valence-corrected chi connectivity index (χ4v) is 4.94. The van der Waals surface area contributed by atoms with Gasteiger partial charge in [0.1, 0.15) is 17.3 Å². The summed E-state index contributed by atoms with van der Waals surface area (Å²) in [6.45, 7) is 6.59. The second-order valence-corrected chi connectivity index (χ2v) is 10.4. The van der Waals surface area contributed by atoms with Gasteiger partial charge < -0.3 is 19.7 Å². The van der Waals surface area contributed by atoms with Gasteiger partial charge in [-0.15, -0.1) is 0 Å². The number of ether oxygens (including phenoxy) is 2. The zero-order valence-corrected chi connectivity index (χ0v) is 24.4. The monoisotopic (exact) mass is 592 g/mol. The molecule has 0 spiro atoms. The lowest BCUT2D eigenvalue weighted by Crippen LogP contribution is -2.40. The molecule has 4 aromatic rings. The van der Waals surface area contributed by atoms with Crippen LogP contribution in [0.5, 0.6) is 11.5 Å². The summed E-state index contributed by atoms with van der Waals surface area (Å²) in [6.07, 6.45) is 0.779. The number of halogens is 1. The number of nitrogens with zero attached hydrogens (tertiary/aromatic N) is 3. The highest BCUT2D eigenvalue weighted by molar-refractivity contribution is 9.10. The maximum Gasteiger partial charge on any atom is 0.322 e. The quantitative estimate of drug-likeness (QED) is 0.231. The Morgan fingerprint density at radius 1 is 1.03 bits per heavy atom. The summed E-state index contributed by atoms with van der Waals surface area (Å²) in [7, 11) is 3.11. The Bertz CT molecular complexity index is 1520. The second kappa shape index (κ2) is 12.3. The highest BCUT2D eigenvalue weighted by atomic mass is 79.9. The van der Waals surface area contributed by atoms with E-state index in [1.165, 1.54) is 0 Å². The molecule has 0 aliphatic carbocycles. The Morgan fingerprint density at radius 2 is 1.72 bits per heavy atom. The summed E-state index contributed by atoms with van der Waals surface area (Å²) in [4.78, 5) is 34.4. The number of methoxy groups -OCH3 is 2. The van der Waals surface area contributed by atoms with E-state index in [-0.39, 0.29) is 11.6 Å². The molecule has 0 saturated heterocycles. The van der Waals surface area contributed by atoms with Gasteiger partial charge in [-0.25, -0.2) is 9.78 Å². The van der Waals surface area contributed by atoms with Crippen LogP contribution in [0, 0.1) is 5.92 Å². The molecule has 1 heterocycles. The lowest BCUT2D eigenvalue weighted by molar-refractivity contribution is 0.185. The van der Waals surface area contributed by atoms with E-state index in [4.69, 9.17) is 14.5 Å². The molecule has 39 heavy (non-hydrogen) atoms. The van der Waals surface area contributed by atoms with E-state index in [1.54, 1.807) is 48.0 Å². The third kappa shape index (κ3) is 6.09. The third-order valence-electron chi connectivity index (χ3n) is 6.57. The molecule has 0 aliphatic heterocycles. The van der Waals surface area contributed by atoms with E-state index in [9.17, 15) is 9.59 Å². The van der Waals surface area contributed by atoms with E-state index in [2.05, 4.69) is 35.1 Å². The predicted octanol–water partition coefficient (Wildman–Crippen LogP) is 6.81. The van der Waals surface area contributed by atoms with Crippen molar-refractivity contribution < 1.29 is 14.3 Å². The normalized spacial score (nSPS) is 11.9. The van der Waals surface area contributed by atoms with Crippen LogP contribution < -0.4 is 20.3 Å². The smallest absolute Gasteiger partial charge is 0.322 e. The summed E-state index contributed by atoms with van der Waals surface area (Å²) < 4.78 is 13.2. The minimum absolute atomic E-state index is 0.259. The van der Waals surface area contributed by atoms with Crippen LogP contribution in [0.2, 0.25) is 0 Å². The van der Waals surface area contributed by atoms with Crippen molar-refractivity contribution in [3.05, 3.63) is 87.4 Å². The third-order valence-corrected chi connectivity index (χ3v) is 7.36. The number of anilines is 1. The highest BCUT2D eigenvalue weighted by Crippen LogP contribution is 2.37. The number of fused-ring (bicyclic) bond motifs is 1. The first-order valence-electron chi connectivity index (χ1n) is 12.8. The van der Waals surface area contributed by atoms with Crippen molar-refractivity contribution in [3.8, 4) is 17.2 Å². The molecule has 0 aliphatic rings. The number of hydrogen-bond acceptors (Lipinski definition) is 5. The molecular formula is C30H33BrN4O4. The molecule has 204 valence electrons. The van der Waals surface area contributed by atoms with Crippen molar-refractivity contribution in [2.24, 2.45) is 5.92 Å². The van der Waals surface area contributed by atoms with E-state index < -0.39 is 6.04 Å². The lowest BCUT2D eigenvalue weighted by Gasteiger charge is -2.31. The molecule has 1 unspecified atom stereocenters. The Morgan fingerprint density at radius 3 is 2.38 bits per heavy atom. The zero-order chi connectivity index (χ0) is 28.1. The molecule has 1 N–H and O–H groups in total. The molecule has 8 nitrogen and oxygen atoms in total. The molecule has 3 aromatic carbocycles. The van der Waals surface area contributed by atoms with Gasteiger partial charge in [0.15, 0.2) is 0 Å². The van der Waals surface area contributed by atoms with Crippen LogP contribution in [0.4, 0.5) is 10.5 Å². The SMILES string of the molecule is COc1cc(OC)c(Br)c(-n2c(C(C)N(CCC(C)C)C(=O)Nc3ccccc3)nc3ccccc3c2=O)c1. The van der Waals surface area contributed by atoms with Gasteiger partial charge in [-0.2, -0.15) is 0 Å². The summed E-state index contributed by atoms with van der Waals surface area (Å²) in [6, 6.07) is 19.2. The molecule has 2 amide bonds. The number of hydrogen-bond donors (Lipinski definition) is 1. The summed E-state index contributed by atoms with van der Waals surface area (Å²) >= 11 is 3.62. The number of amides is 2. The number of nitrogens with one attached hydrogen (secondary N) is 1. The van der Waals surface area contributed by atoms with Crippen molar-refractivity contribution >= 4 is 38.6 Å². The standard InChI is InChI=1S/C30H33BrN4O4/c1-19(2)15-16-34(30(37)32-21-11-7-6-8-12-21)20(3)28-33-24-14-10-9-13-23(24)29(36)35(28)25-17-22(38-4)18-26(39-5)27(25)31/h6-14,17-20H,15-16H2,1-5H3,(H,32,37). The minimum atomic E-state index is -0.561. The van der Waals surface area contributed by atoms with Gasteiger partial charge in [0.2, 0.25) is 0 Å². The van der Waals surface area contributed by atoms with Gasteiger partial charge in [0.05, 0.1) is 41.3 Å². The van der Waals surface area contributed by atoms with Crippen molar-refractivity contribution in [2.75, 3.05) is 26.1 Å². The van der Waals surface area contributed by atoms with Gasteiger partial charge in [0, 0.05) is 24.4 Å². The number of carbonyl (C=O) groups is 1. The molecule has 0 fully saturated rings. The largest absolute Gasteiger partial charge is 0.497 e. The van der Waals surface area contributed by atoms with Crippen LogP contribution in [0.15, 0.2) is 76.0 Å². The van der Waals surface area contributed by atoms with Gasteiger partial charge >= 0.3 is 6.03 Å². The van der Waals surface area contributed by atoms with Crippen molar-refractivity contribution in [1.82, 2.24) is 14.5 Å². The van der Waals surface area contributed by atoms with Crippen molar-refractivity contribution in [1.29, 1.82) is 0 Å². The molecule has 1 aromatic heterocycles. The van der Waals surface area contributed by atoms with Crippen LogP contribution in [0.1, 0.15) is 39.1 Å². The topological polar surface area (TPSA) is 85.7 Å². The van der Waals surface area contributed by atoms with Gasteiger partial charge in [0.25, 0.3) is 5.56 Å².